The molecule has 0 bridgehead atoms. The van der Waals surface area contributed by atoms with Gasteiger partial charge < -0.3 is 15.8 Å². The highest BCUT2D eigenvalue weighted by Gasteiger charge is 2.26. The van der Waals surface area contributed by atoms with Crippen LogP contribution >= 0.6 is 11.6 Å². The second-order valence-corrected chi connectivity index (χ2v) is 7.81. The molecule has 30 heavy (non-hydrogen) atoms. The first-order valence-electron chi connectivity index (χ1n) is 9.76. The highest BCUT2D eigenvalue weighted by atomic mass is 35.5. The number of allylic oxidation sites excluding steroid dienone is 1. The van der Waals surface area contributed by atoms with Gasteiger partial charge in [-0.25, -0.2) is 9.97 Å². The summed E-state index contributed by atoms with van der Waals surface area (Å²) in [6.45, 7) is 0. The predicted octanol–water partition coefficient (Wildman–Crippen LogP) is 3.41. The third kappa shape index (κ3) is 3.74. The molecule has 0 spiro atoms. The van der Waals surface area contributed by atoms with E-state index in [0.717, 1.165) is 12.0 Å². The minimum absolute atomic E-state index is 0.0740. The molecular formula is C22H22ClN5O2. The normalized spacial score (nSPS) is 19.2. The molecule has 154 valence electrons. The van der Waals surface area contributed by atoms with Crippen LogP contribution in [0.15, 0.2) is 47.7 Å². The molecule has 4 rings (SSSR count). The molecule has 2 aromatic heterocycles. The van der Waals surface area contributed by atoms with Crippen molar-refractivity contribution >= 4 is 34.3 Å². The number of fused-ring (bicyclic) bond motifs is 1. The van der Waals surface area contributed by atoms with Crippen molar-refractivity contribution in [3.05, 3.63) is 63.9 Å². The van der Waals surface area contributed by atoms with Crippen LogP contribution in [0, 0.1) is 5.41 Å². The van der Waals surface area contributed by atoms with Crippen molar-refractivity contribution in [2.24, 2.45) is 0 Å². The van der Waals surface area contributed by atoms with Gasteiger partial charge in [0.1, 0.15) is 11.2 Å². The summed E-state index contributed by atoms with van der Waals surface area (Å²) in [5.74, 6) is 0. The molecule has 3 aromatic rings. The fourth-order valence-corrected chi connectivity index (χ4v) is 4.02. The molecule has 0 amide bonds. The molecule has 1 aliphatic rings. The summed E-state index contributed by atoms with van der Waals surface area (Å²) in [5.41, 5.74) is 2.64. The second-order valence-electron chi connectivity index (χ2n) is 7.37. The standard InChI is InChI=1S/C22H22ClN5O2/c1-25-11-14(10-24)20-21-18(9-19(27-20)13-2-4-15(23)5-3-13)22(30)28(12-26-21)16-6-7-17(29)8-16/h2-5,9-12,16-17,24-25,29H,6-8H2,1H3/b14-11+,24-10?. The molecule has 3 N–H and O–H groups in total. The van der Waals surface area contributed by atoms with Crippen molar-refractivity contribution in [3.63, 3.8) is 0 Å². The van der Waals surface area contributed by atoms with Gasteiger partial charge >= 0.3 is 0 Å². The number of aromatic nitrogens is 3. The zero-order chi connectivity index (χ0) is 21.3. The van der Waals surface area contributed by atoms with Gasteiger partial charge in [-0.15, -0.1) is 0 Å². The number of hydrogen-bond donors (Lipinski definition) is 3. The highest BCUT2D eigenvalue weighted by molar-refractivity contribution is 6.30. The van der Waals surface area contributed by atoms with Crippen LogP contribution in [0.2, 0.25) is 5.02 Å². The molecule has 7 nitrogen and oxygen atoms in total. The van der Waals surface area contributed by atoms with Crippen LogP contribution < -0.4 is 10.9 Å². The maximum Gasteiger partial charge on any atom is 0.261 e. The number of aliphatic hydroxyl groups excluding tert-OH is 1. The van der Waals surface area contributed by atoms with E-state index in [9.17, 15) is 9.90 Å². The van der Waals surface area contributed by atoms with Crippen LogP contribution in [-0.4, -0.2) is 39.0 Å². The molecule has 0 aliphatic heterocycles. The fourth-order valence-electron chi connectivity index (χ4n) is 3.89. The summed E-state index contributed by atoms with van der Waals surface area (Å²) in [5, 5.41) is 21.6. The van der Waals surface area contributed by atoms with Crippen LogP contribution in [-0.2, 0) is 0 Å². The Bertz CT molecular complexity index is 1190. The van der Waals surface area contributed by atoms with Gasteiger partial charge in [-0.3, -0.25) is 9.36 Å². The number of hydrogen-bond acceptors (Lipinski definition) is 6. The Morgan fingerprint density at radius 1 is 1.33 bits per heavy atom. The summed E-state index contributed by atoms with van der Waals surface area (Å²) in [4.78, 5) is 22.6. The molecule has 0 saturated heterocycles. The maximum atomic E-state index is 13.4. The quantitative estimate of drug-likeness (QED) is 0.545. The van der Waals surface area contributed by atoms with Gasteiger partial charge in [0.2, 0.25) is 0 Å². The summed E-state index contributed by atoms with van der Waals surface area (Å²) in [7, 11) is 1.74. The number of nitrogens with one attached hydrogen (secondary N) is 2. The molecule has 2 heterocycles. The predicted molar refractivity (Wildman–Crippen MR) is 119 cm³/mol. The lowest BCUT2D eigenvalue weighted by atomic mass is 10.1. The SMILES string of the molecule is CN/C=C(\C=N)c1nc(-c2ccc(Cl)cc2)cc2c(=O)n(C3CCC(O)C3)cnc12. The number of rotatable bonds is 5. The van der Waals surface area contributed by atoms with E-state index in [2.05, 4.69) is 10.3 Å². The van der Waals surface area contributed by atoms with Gasteiger partial charge in [-0.05, 0) is 37.5 Å². The van der Waals surface area contributed by atoms with Crippen LogP contribution in [0.1, 0.15) is 31.0 Å². The number of benzene rings is 1. The number of halogens is 1. The summed E-state index contributed by atoms with van der Waals surface area (Å²) in [6, 6.07) is 8.88. The minimum Gasteiger partial charge on any atom is -0.393 e. The fraction of sp³-hybridized carbons (Fsp3) is 0.273. The first-order chi connectivity index (χ1) is 14.5. The Kier molecular flexibility index (Phi) is 5.65. The molecule has 0 radical (unpaired) electrons. The van der Waals surface area contributed by atoms with E-state index >= 15 is 0 Å². The molecule has 8 heteroatoms. The smallest absolute Gasteiger partial charge is 0.261 e. The third-order valence-corrected chi connectivity index (χ3v) is 5.66. The van der Waals surface area contributed by atoms with Gasteiger partial charge in [0.25, 0.3) is 5.56 Å². The summed E-state index contributed by atoms with van der Waals surface area (Å²) in [6.07, 6.45) is 5.93. The van der Waals surface area contributed by atoms with Crippen LogP contribution in [0.5, 0.6) is 0 Å². The Labute approximate surface area is 178 Å². The zero-order valence-electron chi connectivity index (χ0n) is 16.5. The average Bonchev–Trinajstić information content (AvgIpc) is 3.18. The summed E-state index contributed by atoms with van der Waals surface area (Å²) >= 11 is 6.02. The number of pyridine rings is 1. The third-order valence-electron chi connectivity index (χ3n) is 5.41. The molecule has 2 unspecified atom stereocenters. The Morgan fingerprint density at radius 2 is 2.10 bits per heavy atom. The van der Waals surface area contributed by atoms with Crippen molar-refractivity contribution in [2.45, 2.75) is 31.4 Å². The maximum absolute atomic E-state index is 13.4. The van der Waals surface area contributed by atoms with Crippen molar-refractivity contribution in [1.29, 1.82) is 5.41 Å². The molecule has 1 saturated carbocycles. The minimum atomic E-state index is -0.390. The van der Waals surface area contributed by atoms with Crippen LogP contribution in [0.25, 0.3) is 27.7 Å². The van der Waals surface area contributed by atoms with E-state index in [1.165, 1.54) is 12.5 Å². The Balaban J connectivity index is 1.97. The lowest BCUT2D eigenvalue weighted by molar-refractivity contribution is 0.177. The first-order valence-corrected chi connectivity index (χ1v) is 10.1. The van der Waals surface area contributed by atoms with Gasteiger partial charge in [0.05, 0.1) is 23.5 Å². The molecule has 1 fully saturated rings. The largest absolute Gasteiger partial charge is 0.393 e. The Morgan fingerprint density at radius 3 is 2.73 bits per heavy atom. The zero-order valence-corrected chi connectivity index (χ0v) is 17.2. The van der Waals surface area contributed by atoms with Gasteiger partial charge in [-0.2, -0.15) is 0 Å². The lowest BCUT2D eigenvalue weighted by Crippen LogP contribution is -2.25. The van der Waals surface area contributed by atoms with E-state index in [1.54, 1.807) is 36.0 Å². The van der Waals surface area contributed by atoms with Crippen LogP contribution in [0.3, 0.4) is 0 Å². The average molecular weight is 424 g/mol. The molecule has 1 aromatic carbocycles. The second kappa shape index (κ2) is 8.38. The topological polar surface area (TPSA) is 104 Å². The van der Waals surface area contributed by atoms with E-state index in [0.29, 0.717) is 45.7 Å². The molecular weight excluding hydrogens is 402 g/mol. The monoisotopic (exact) mass is 423 g/mol. The Hall–Kier alpha value is -3.03. The van der Waals surface area contributed by atoms with Gasteiger partial charge in [0.15, 0.2) is 0 Å². The van der Waals surface area contributed by atoms with E-state index in [4.69, 9.17) is 22.0 Å². The van der Waals surface area contributed by atoms with Crippen molar-refractivity contribution < 1.29 is 5.11 Å². The van der Waals surface area contributed by atoms with Gasteiger partial charge in [-0.1, -0.05) is 23.7 Å². The number of nitrogens with zero attached hydrogens (tertiary/aromatic N) is 3. The van der Waals surface area contributed by atoms with Crippen molar-refractivity contribution in [1.82, 2.24) is 19.9 Å². The van der Waals surface area contributed by atoms with E-state index in [1.807, 2.05) is 12.1 Å². The van der Waals surface area contributed by atoms with E-state index in [-0.39, 0.29) is 11.6 Å². The molecule has 2 atom stereocenters. The van der Waals surface area contributed by atoms with E-state index < -0.39 is 6.10 Å². The highest BCUT2D eigenvalue weighted by Crippen LogP contribution is 2.30. The van der Waals surface area contributed by atoms with Crippen molar-refractivity contribution in [2.75, 3.05) is 7.05 Å². The number of aliphatic hydroxyl groups is 1. The summed E-state index contributed by atoms with van der Waals surface area (Å²) < 4.78 is 1.61. The van der Waals surface area contributed by atoms with Crippen LogP contribution in [0.4, 0.5) is 0 Å². The van der Waals surface area contributed by atoms with Gasteiger partial charge in [0, 0.05) is 41.7 Å². The molecule has 1 aliphatic carbocycles. The lowest BCUT2D eigenvalue weighted by Gasteiger charge is -2.15. The first kappa shape index (κ1) is 20.3. The van der Waals surface area contributed by atoms with Crippen molar-refractivity contribution in [3.8, 4) is 11.3 Å².